The molecule has 1 heteroatoms. The molecule has 1 aliphatic rings. The number of aryl methyl sites for hydroxylation is 1. The van der Waals surface area contributed by atoms with E-state index >= 15 is 0 Å². The summed E-state index contributed by atoms with van der Waals surface area (Å²) in [6.45, 7) is 4.31. The molecular formula is C13H19N. The number of hydrogen-bond donors (Lipinski definition) is 1. The fourth-order valence-electron chi connectivity index (χ4n) is 2.18. The van der Waals surface area contributed by atoms with Gasteiger partial charge < -0.3 is 5.73 Å². The molecule has 14 heavy (non-hydrogen) atoms. The van der Waals surface area contributed by atoms with Gasteiger partial charge >= 0.3 is 0 Å². The zero-order valence-corrected chi connectivity index (χ0v) is 9.03. The Morgan fingerprint density at radius 3 is 2.43 bits per heavy atom. The molecule has 1 saturated carbocycles. The van der Waals surface area contributed by atoms with E-state index in [-0.39, 0.29) is 0 Å². The topological polar surface area (TPSA) is 26.0 Å². The molecule has 0 spiro atoms. The largest absolute Gasteiger partial charge is 0.328 e. The van der Waals surface area contributed by atoms with Crippen LogP contribution in [0.1, 0.15) is 37.3 Å². The highest BCUT2D eigenvalue weighted by Crippen LogP contribution is 2.48. The maximum Gasteiger partial charge on any atom is 0.00448 e. The lowest BCUT2D eigenvalue weighted by Crippen LogP contribution is -2.17. The average molecular weight is 189 g/mol. The quantitative estimate of drug-likeness (QED) is 0.777. The van der Waals surface area contributed by atoms with Gasteiger partial charge in [-0.2, -0.15) is 0 Å². The first-order chi connectivity index (χ1) is 6.72. The van der Waals surface area contributed by atoms with Crippen LogP contribution in [-0.4, -0.2) is 6.04 Å². The number of hydrogen-bond acceptors (Lipinski definition) is 1. The number of nitrogens with two attached hydrogens (primary N) is 1. The van der Waals surface area contributed by atoms with Gasteiger partial charge in [0.05, 0.1) is 0 Å². The maximum absolute atomic E-state index is 5.88. The van der Waals surface area contributed by atoms with Crippen LogP contribution in [0.15, 0.2) is 24.3 Å². The van der Waals surface area contributed by atoms with Gasteiger partial charge in [0.2, 0.25) is 0 Å². The summed E-state index contributed by atoms with van der Waals surface area (Å²) in [5, 5.41) is 0. The van der Waals surface area contributed by atoms with Crippen molar-refractivity contribution in [3.8, 4) is 0 Å². The van der Waals surface area contributed by atoms with Crippen LogP contribution in [-0.2, 0) is 6.42 Å². The molecule has 76 valence electrons. The van der Waals surface area contributed by atoms with Gasteiger partial charge in [-0.1, -0.05) is 31.2 Å². The summed E-state index contributed by atoms with van der Waals surface area (Å²) in [5.41, 5.74) is 8.78. The van der Waals surface area contributed by atoms with Crippen molar-refractivity contribution in [2.45, 2.75) is 38.6 Å². The lowest BCUT2D eigenvalue weighted by atomic mass is 10.0. The fraction of sp³-hybridized carbons (Fsp3) is 0.538. The Morgan fingerprint density at radius 2 is 2.00 bits per heavy atom. The van der Waals surface area contributed by atoms with Gasteiger partial charge in [-0.15, -0.1) is 0 Å². The van der Waals surface area contributed by atoms with E-state index in [2.05, 4.69) is 38.1 Å². The Hall–Kier alpha value is -0.820. The number of rotatable bonds is 3. The molecular weight excluding hydrogens is 170 g/mol. The van der Waals surface area contributed by atoms with Gasteiger partial charge in [0.1, 0.15) is 0 Å². The second-order valence-electron chi connectivity index (χ2n) is 4.46. The van der Waals surface area contributed by atoms with E-state index in [1.165, 1.54) is 17.5 Å². The third-order valence-corrected chi connectivity index (χ3v) is 3.33. The van der Waals surface area contributed by atoms with Crippen molar-refractivity contribution >= 4 is 0 Å². The first-order valence-corrected chi connectivity index (χ1v) is 5.56. The number of benzene rings is 1. The monoisotopic (exact) mass is 189 g/mol. The minimum Gasteiger partial charge on any atom is -0.328 e. The standard InChI is InChI=1S/C13H19N/c1-3-10-4-6-11(7-5-10)13-8-12(13)9(2)14/h4-7,9,12-13H,3,8,14H2,1-2H3. The molecule has 1 nitrogen and oxygen atoms in total. The maximum atomic E-state index is 5.88. The van der Waals surface area contributed by atoms with E-state index in [1.54, 1.807) is 0 Å². The summed E-state index contributed by atoms with van der Waals surface area (Å²) in [6.07, 6.45) is 2.41. The molecule has 0 bridgehead atoms. The summed E-state index contributed by atoms with van der Waals surface area (Å²) < 4.78 is 0. The second kappa shape index (κ2) is 3.74. The average Bonchev–Trinajstić information content (AvgIpc) is 2.97. The van der Waals surface area contributed by atoms with E-state index in [4.69, 9.17) is 5.73 Å². The van der Waals surface area contributed by atoms with Gasteiger partial charge in [-0.3, -0.25) is 0 Å². The van der Waals surface area contributed by atoms with Gasteiger partial charge in [0.25, 0.3) is 0 Å². The van der Waals surface area contributed by atoms with Crippen LogP contribution < -0.4 is 5.73 Å². The molecule has 0 radical (unpaired) electrons. The van der Waals surface area contributed by atoms with Crippen LogP contribution in [0.4, 0.5) is 0 Å². The predicted octanol–water partition coefficient (Wildman–Crippen LogP) is 2.70. The highest BCUT2D eigenvalue weighted by atomic mass is 14.7. The fourth-order valence-corrected chi connectivity index (χ4v) is 2.18. The Balaban J connectivity index is 2.05. The van der Waals surface area contributed by atoms with E-state index in [0.717, 1.165) is 18.3 Å². The van der Waals surface area contributed by atoms with Crippen molar-refractivity contribution in [3.63, 3.8) is 0 Å². The molecule has 2 rings (SSSR count). The Morgan fingerprint density at radius 1 is 1.36 bits per heavy atom. The normalized spacial score (nSPS) is 27.4. The van der Waals surface area contributed by atoms with Crippen molar-refractivity contribution in [1.82, 2.24) is 0 Å². The lowest BCUT2D eigenvalue weighted by molar-refractivity contribution is 0.631. The Labute approximate surface area is 86.3 Å². The van der Waals surface area contributed by atoms with E-state index in [1.807, 2.05) is 0 Å². The van der Waals surface area contributed by atoms with Gasteiger partial charge in [-0.25, -0.2) is 0 Å². The zero-order valence-electron chi connectivity index (χ0n) is 9.03. The van der Waals surface area contributed by atoms with Crippen molar-refractivity contribution in [2.24, 2.45) is 11.7 Å². The molecule has 1 aromatic carbocycles. The summed E-state index contributed by atoms with van der Waals surface area (Å²) >= 11 is 0. The molecule has 0 saturated heterocycles. The summed E-state index contributed by atoms with van der Waals surface area (Å²) in [6, 6.07) is 9.38. The van der Waals surface area contributed by atoms with Crippen LogP contribution in [0, 0.1) is 5.92 Å². The first kappa shape index (κ1) is 9.72. The molecule has 0 heterocycles. The van der Waals surface area contributed by atoms with Gasteiger partial charge in [-0.05, 0) is 42.7 Å². The molecule has 3 atom stereocenters. The smallest absolute Gasteiger partial charge is 0.00448 e. The first-order valence-electron chi connectivity index (χ1n) is 5.56. The molecule has 1 aromatic rings. The Bertz CT molecular complexity index is 300. The van der Waals surface area contributed by atoms with Crippen LogP contribution >= 0.6 is 0 Å². The van der Waals surface area contributed by atoms with Crippen molar-refractivity contribution in [3.05, 3.63) is 35.4 Å². The Kier molecular flexibility index (Phi) is 2.60. The van der Waals surface area contributed by atoms with Crippen LogP contribution in [0.5, 0.6) is 0 Å². The molecule has 0 amide bonds. The summed E-state index contributed by atoms with van der Waals surface area (Å²) in [5.74, 6) is 1.46. The minimum absolute atomic E-state index is 0.353. The summed E-state index contributed by atoms with van der Waals surface area (Å²) in [4.78, 5) is 0. The van der Waals surface area contributed by atoms with Crippen molar-refractivity contribution in [1.29, 1.82) is 0 Å². The molecule has 3 unspecified atom stereocenters. The molecule has 1 fully saturated rings. The highest BCUT2D eigenvalue weighted by Gasteiger charge is 2.40. The van der Waals surface area contributed by atoms with Gasteiger partial charge in [0.15, 0.2) is 0 Å². The van der Waals surface area contributed by atoms with E-state index < -0.39 is 0 Å². The summed E-state index contributed by atoms with van der Waals surface area (Å²) in [7, 11) is 0. The van der Waals surface area contributed by atoms with Gasteiger partial charge in [0, 0.05) is 6.04 Å². The predicted molar refractivity (Wildman–Crippen MR) is 60.3 cm³/mol. The highest BCUT2D eigenvalue weighted by molar-refractivity contribution is 5.30. The van der Waals surface area contributed by atoms with Crippen LogP contribution in [0.2, 0.25) is 0 Å². The second-order valence-corrected chi connectivity index (χ2v) is 4.46. The van der Waals surface area contributed by atoms with Crippen molar-refractivity contribution < 1.29 is 0 Å². The van der Waals surface area contributed by atoms with E-state index in [0.29, 0.717) is 6.04 Å². The molecule has 0 aromatic heterocycles. The van der Waals surface area contributed by atoms with Crippen LogP contribution in [0.25, 0.3) is 0 Å². The van der Waals surface area contributed by atoms with E-state index in [9.17, 15) is 0 Å². The molecule has 1 aliphatic carbocycles. The third-order valence-electron chi connectivity index (χ3n) is 3.33. The zero-order chi connectivity index (χ0) is 10.1. The van der Waals surface area contributed by atoms with Crippen LogP contribution in [0.3, 0.4) is 0 Å². The molecule has 0 aliphatic heterocycles. The minimum atomic E-state index is 0.353. The lowest BCUT2D eigenvalue weighted by Gasteiger charge is -2.04. The SMILES string of the molecule is CCc1ccc(C2CC2C(C)N)cc1. The van der Waals surface area contributed by atoms with Crippen molar-refractivity contribution in [2.75, 3.05) is 0 Å². The third kappa shape index (κ3) is 1.83. The molecule has 2 N–H and O–H groups in total.